The summed E-state index contributed by atoms with van der Waals surface area (Å²) in [5.74, 6) is -0.889. The predicted octanol–water partition coefficient (Wildman–Crippen LogP) is 6.36. The second-order valence-corrected chi connectivity index (χ2v) is 10.1. The van der Waals surface area contributed by atoms with Gasteiger partial charge in [0.2, 0.25) is 5.95 Å². The number of aromatic nitrogens is 2. The molecule has 3 aromatic rings. The Hall–Kier alpha value is -1.91. The maximum Gasteiger partial charge on any atom is 0.393 e. The molecule has 1 aromatic heterocycles. The van der Waals surface area contributed by atoms with E-state index >= 15 is 0 Å². The van der Waals surface area contributed by atoms with Crippen LogP contribution in [0.5, 0.6) is 0 Å². The number of anilines is 3. The molecule has 0 radical (unpaired) electrons. The number of aryl methyl sites for hydroxylation is 1. The lowest BCUT2D eigenvalue weighted by molar-refractivity contribution is -0.175. The Morgan fingerprint density at radius 2 is 1.89 bits per heavy atom. The molecule has 6 nitrogen and oxygen atoms in total. The van der Waals surface area contributed by atoms with Crippen LogP contribution in [0.1, 0.15) is 18.4 Å². The molecule has 1 saturated heterocycles. The normalized spacial score (nSPS) is 16.7. The van der Waals surface area contributed by atoms with Crippen molar-refractivity contribution in [2.75, 3.05) is 43.4 Å². The smallest absolute Gasteiger partial charge is 0.370 e. The molecular weight excluding hydrogens is 536 g/mol. The quantitative estimate of drug-likeness (QED) is 0.278. The standard InChI is InChI=1S/C24H28Cl3F3N6/c1-31-7-8-32-12-14-5-6-16(25)22(21(14)27)34-23-33-18-10-17(26)19(11-20(18)35(23)2)36-9-3-4-15(13-36)24(28,29)30/h5-6,10-11,15,31-32H,3-4,7-9,12-13H2,1-2H3,(H,33,34). The zero-order chi connectivity index (χ0) is 26.0. The number of hydrogen-bond acceptors (Lipinski definition) is 5. The van der Waals surface area contributed by atoms with Gasteiger partial charge >= 0.3 is 6.18 Å². The summed E-state index contributed by atoms with van der Waals surface area (Å²) < 4.78 is 41.8. The summed E-state index contributed by atoms with van der Waals surface area (Å²) in [6.45, 7) is 2.59. The number of nitrogens with zero attached hydrogens (tertiary/aromatic N) is 3. The third-order valence-electron chi connectivity index (χ3n) is 6.45. The fraction of sp³-hybridized carbons (Fsp3) is 0.458. The minimum absolute atomic E-state index is 0.113. The van der Waals surface area contributed by atoms with E-state index in [1.807, 2.05) is 24.7 Å². The van der Waals surface area contributed by atoms with Gasteiger partial charge < -0.3 is 25.4 Å². The first-order chi connectivity index (χ1) is 17.1. The first kappa shape index (κ1) is 27.1. The zero-order valence-electron chi connectivity index (χ0n) is 19.9. The number of benzene rings is 2. The monoisotopic (exact) mass is 562 g/mol. The van der Waals surface area contributed by atoms with Gasteiger partial charge in [0.15, 0.2) is 0 Å². The van der Waals surface area contributed by atoms with Crippen LogP contribution in [-0.4, -0.2) is 49.0 Å². The Balaban J connectivity index is 1.61. The van der Waals surface area contributed by atoms with E-state index in [0.717, 1.165) is 24.2 Å². The first-order valence-electron chi connectivity index (χ1n) is 11.7. The fourth-order valence-corrected chi connectivity index (χ4v) is 5.22. The van der Waals surface area contributed by atoms with Gasteiger partial charge in [-0.2, -0.15) is 13.2 Å². The summed E-state index contributed by atoms with van der Waals surface area (Å²) in [5, 5.41) is 10.9. The molecule has 3 N–H and O–H groups in total. The van der Waals surface area contributed by atoms with E-state index in [1.54, 1.807) is 23.1 Å². The summed E-state index contributed by atoms with van der Waals surface area (Å²) in [7, 11) is 3.70. The molecule has 0 spiro atoms. The molecular formula is C24H28Cl3F3N6. The van der Waals surface area contributed by atoms with E-state index in [2.05, 4.69) is 20.9 Å². The molecule has 0 amide bonds. The molecule has 1 atom stereocenters. The number of fused-ring (bicyclic) bond motifs is 1. The number of hydrogen-bond donors (Lipinski definition) is 3. The van der Waals surface area contributed by atoms with Crippen molar-refractivity contribution in [3.8, 4) is 0 Å². The Morgan fingerprint density at radius 1 is 1.11 bits per heavy atom. The van der Waals surface area contributed by atoms with Gasteiger partial charge in [0.25, 0.3) is 0 Å². The third-order valence-corrected chi connectivity index (χ3v) is 7.50. The topological polar surface area (TPSA) is 57.1 Å². The largest absolute Gasteiger partial charge is 0.393 e. The summed E-state index contributed by atoms with van der Waals surface area (Å²) in [4.78, 5) is 6.35. The van der Waals surface area contributed by atoms with Gasteiger partial charge in [-0.3, -0.25) is 0 Å². The summed E-state index contributed by atoms with van der Waals surface area (Å²) in [6, 6.07) is 7.12. The maximum absolute atomic E-state index is 13.3. The van der Waals surface area contributed by atoms with Crippen molar-refractivity contribution in [2.24, 2.45) is 13.0 Å². The number of piperidine rings is 1. The predicted molar refractivity (Wildman–Crippen MR) is 142 cm³/mol. The van der Waals surface area contributed by atoms with Crippen LogP contribution in [0.4, 0.5) is 30.5 Å². The number of likely N-dealkylation sites (N-methyl/N-ethyl adjacent to an activating group) is 1. The first-order valence-corrected chi connectivity index (χ1v) is 12.8. The molecule has 0 bridgehead atoms. The van der Waals surface area contributed by atoms with Crippen molar-refractivity contribution < 1.29 is 13.2 Å². The van der Waals surface area contributed by atoms with Crippen molar-refractivity contribution in [3.05, 3.63) is 44.9 Å². The van der Waals surface area contributed by atoms with Crippen LogP contribution in [-0.2, 0) is 13.6 Å². The number of nitrogens with one attached hydrogen (secondary N) is 3. The highest BCUT2D eigenvalue weighted by Gasteiger charge is 2.42. The fourth-order valence-electron chi connectivity index (χ4n) is 4.41. The van der Waals surface area contributed by atoms with Gasteiger partial charge in [-0.1, -0.05) is 40.9 Å². The SMILES string of the molecule is CNCCNCc1ccc(Cl)c(Nc2nc3cc(Cl)c(N4CCCC(C(F)(F)F)C4)cc3n2C)c1Cl. The zero-order valence-corrected chi connectivity index (χ0v) is 22.2. The number of rotatable bonds is 8. The van der Waals surface area contributed by atoms with E-state index in [9.17, 15) is 13.2 Å². The van der Waals surface area contributed by atoms with Crippen LogP contribution >= 0.6 is 34.8 Å². The van der Waals surface area contributed by atoms with Gasteiger partial charge in [0.1, 0.15) is 0 Å². The second kappa shape index (κ2) is 11.2. The van der Waals surface area contributed by atoms with E-state index in [1.165, 1.54) is 0 Å². The van der Waals surface area contributed by atoms with Crippen molar-refractivity contribution in [2.45, 2.75) is 25.6 Å². The lowest BCUT2D eigenvalue weighted by atomic mass is 9.97. The minimum atomic E-state index is -4.23. The van der Waals surface area contributed by atoms with E-state index in [0.29, 0.717) is 57.4 Å². The van der Waals surface area contributed by atoms with E-state index in [4.69, 9.17) is 34.8 Å². The molecule has 36 heavy (non-hydrogen) atoms. The Morgan fingerprint density at radius 3 is 2.61 bits per heavy atom. The Kier molecular flexibility index (Phi) is 8.46. The van der Waals surface area contributed by atoms with Crippen LogP contribution in [0.2, 0.25) is 15.1 Å². The van der Waals surface area contributed by atoms with Gasteiger partial charge in [-0.25, -0.2) is 4.98 Å². The Labute approximate surface area is 223 Å². The summed E-state index contributed by atoms with van der Waals surface area (Å²) >= 11 is 19.6. The molecule has 0 saturated carbocycles. The summed E-state index contributed by atoms with van der Waals surface area (Å²) in [5.41, 5.74) is 3.31. The van der Waals surface area contributed by atoms with Crippen LogP contribution in [0.15, 0.2) is 24.3 Å². The molecule has 12 heteroatoms. The Bertz CT molecular complexity index is 1230. The van der Waals surface area contributed by atoms with Crippen LogP contribution in [0.3, 0.4) is 0 Å². The molecule has 0 aliphatic carbocycles. The molecule has 1 fully saturated rings. The van der Waals surface area contributed by atoms with Gasteiger partial charge in [-0.15, -0.1) is 0 Å². The van der Waals surface area contributed by atoms with Crippen molar-refractivity contribution in [1.82, 2.24) is 20.2 Å². The highest BCUT2D eigenvalue weighted by Crippen LogP contribution is 2.40. The van der Waals surface area contributed by atoms with Gasteiger partial charge in [0, 0.05) is 39.8 Å². The summed E-state index contributed by atoms with van der Waals surface area (Å²) in [6.07, 6.45) is -3.65. The van der Waals surface area contributed by atoms with Crippen LogP contribution in [0, 0.1) is 5.92 Å². The van der Waals surface area contributed by atoms with Gasteiger partial charge in [0.05, 0.1) is 43.4 Å². The number of alkyl halides is 3. The van der Waals surface area contributed by atoms with Crippen molar-refractivity contribution in [1.29, 1.82) is 0 Å². The number of halogens is 6. The van der Waals surface area contributed by atoms with Crippen LogP contribution in [0.25, 0.3) is 11.0 Å². The second-order valence-electron chi connectivity index (χ2n) is 8.91. The minimum Gasteiger partial charge on any atom is -0.370 e. The van der Waals surface area contributed by atoms with E-state index < -0.39 is 12.1 Å². The van der Waals surface area contributed by atoms with Gasteiger partial charge in [-0.05, 0) is 43.7 Å². The molecule has 4 rings (SSSR count). The van der Waals surface area contributed by atoms with Crippen molar-refractivity contribution in [3.63, 3.8) is 0 Å². The molecule has 196 valence electrons. The highest BCUT2D eigenvalue weighted by atomic mass is 35.5. The third kappa shape index (κ3) is 5.81. The molecule has 2 aromatic carbocycles. The molecule has 1 unspecified atom stereocenters. The average Bonchev–Trinajstić information content (AvgIpc) is 3.13. The van der Waals surface area contributed by atoms with E-state index in [-0.39, 0.29) is 13.0 Å². The molecule has 2 heterocycles. The van der Waals surface area contributed by atoms with Crippen LogP contribution < -0.4 is 20.9 Å². The average molecular weight is 564 g/mol. The van der Waals surface area contributed by atoms with Crippen molar-refractivity contribution >= 4 is 63.2 Å². The lowest BCUT2D eigenvalue weighted by Crippen LogP contribution is -2.41. The molecule has 1 aliphatic rings. The highest BCUT2D eigenvalue weighted by molar-refractivity contribution is 6.39. The number of imidazole rings is 1. The lowest BCUT2D eigenvalue weighted by Gasteiger charge is -2.35. The molecule has 1 aliphatic heterocycles. The maximum atomic E-state index is 13.3.